The Morgan fingerprint density at radius 3 is 2.89 bits per heavy atom. The van der Waals surface area contributed by atoms with Crippen LogP contribution in [0.2, 0.25) is 0 Å². The van der Waals surface area contributed by atoms with Gasteiger partial charge in [-0.25, -0.2) is 0 Å². The van der Waals surface area contributed by atoms with E-state index in [-0.39, 0.29) is 5.75 Å². The SMILES string of the molecule is C=CCNC(=NC)NCc1cccc(OC(F)F)c1. The maximum atomic E-state index is 12.1. The Morgan fingerprint density at radius 2 is 2.26 bits per heavy atom. The summed E-state index contributed by atoms with van der Waals surface area (Å²) in [4.78, 5) is 4.01. The molecule has 0 radical (unpaired) electrons. The molecule has 19 heavy (non-hydrogen) atoms. The van der Waals surface area contributed by atoms with Gasteiger partial charge in [-0.2, -0.15) is 8.78 Å². The molecule has 0 spiro atoms. The van der Waals surface area contributed by atoms with Gasteiger partial charge in [0.15, 0.2) is 5.96 Å². The molecule has 0 unspecified atom stereocenters. The molecule has 0 amide bonds. The molecule has 0 heterocycles. The topological polar surface area (TPSA) is 45.7 Å². The number of halogens is 2. The van der Waals surface area contributed by atoms with Crippen LogP contribution in [0.4, 0.5) is 8.78 Å². The predicted molar refractivity (Wildman–Crippen MR) is 71.5 cm³/mol. The molecule has 0 fully saturated rings. The van der Waals surface area contributed by atoms with Crippen LogP contribution < -0.4 is 15.4 Å². The van der Waals surface area contributed by atoms with E-state index in [1.165, 1.54) is 6.07 Å². The van der Waals surface area contributed by atoms with E-state index in [0.717, 1.165) is 5.56 Å². The van der Waals surface area contributed by atoms with E-state index in [1.54, 1.807) is 25.3 Å². The molecule has 1 aromatic carbocycles. The highest BCUT2D eigenvalue weighted by Gasteiger charge is 2.04. The standard InChI is InChI=1S/C13H17F2N3O/c1-3-7-17-13(16-2)18-9-10-5-4-6-11(8-10)19-12(14)15/h3-6,8,12H,1,7,9H2,2H3,(H2,16,17,18). The highest BCUT2D eigenvalue weighted by molar-refractivity contribution is 5.79. The van der Waals surface area contributed by atoms with Gasteiger partial charge >= 0.3 is 6.61 Å². The number of nitrogens with zero attached hydrogens (tertiary/aromatic N) is 1. The third-order valence-electron chi connectivity index (χ3n) is 2.22. The summed E-state index contributed by atoms with van der Waals surface area (Å²) in [6.07, 6.45) is 1.71. The average Bonchev–Trinajstić information content (AvgIpc) is 2.38. The van der Waals surface area contributed by atoms with Crippen LogP contribution >= 0.6 is 0 Å². The Hall–Kier alpha value is -2.11. The van der Waals surface area contributed by atoms with Gasteiger partial charge in [0, 0.05) is 20.1 Å². The Kier molecular flexibility index (Phi) is 6.35. The van der Waals surface area contributed by atoms with E-state index in [2.05, 4.69) is 26.9 Å². The number of rotatable bonds is 6. The maximum Gasteiger partial charge on any atom is 0.387 e. The molecule has 0 aliphatic carbocycles. The second kappa shape index (κ2) is 8.07. The molecule has 0 aliphatic heterocycles. The Labute approximate surface area is 111 Å². The van der Waals surface area contributed by atoms with E-state index in [1.807, 2.05) is 6.07 Å². The molecule has 1 rings (SSSR count). The van der Waals surface area contributed by atoms with E-state index in [4.69, 9.17) is 0 Å². The highest BCUT2D eigenvalue weighted by atomic mass is 19.3. The van der Waals surface area contributed by atoms with Crippen molar-refractivity contribution in [2.45, 2.75) is 13.2 Å². The summed E-state index contributed by atoms with van der Waals surface area (Å²) < 4.78 is 28.5. The van der Waals surface area contributed by atoms with Gasteiger partial charge in [0.2, 0.25) is 0 Å². The molecule has 0 saturated carbocycles. The number of aliphatic imine (C=N–C) groups is 1. The van der Waals surface area contributed by atoms with Crippen LogP contribution in [0.25, 0.3) is 0 Å². The van der Waals surface area contributed by atoms with Crippen LogP contribution in [0.5, 0.6) is 5.75 Å². The molecule has 104 valence electrons. The highest BCUT2D eigenvalue weighted by Crippen LogP contribution is 2.15. The van der Waals surface area contributed by atoms with Crippen LogP contribution in [-0.2, 0) is 6.54 Å². The average molecular weight is 269 g/mol. The quantitative estimate of drug-likeness (QED) is 0.472. The van der Waals surface area contributed by atoms with Crippen LogP contribution in [0, 0.1) is 0 Å². The molecule has 0 bridgehead atoms. The van der Waals surface area contributed by atoms with Crippen LogP contribution in [0.3, 0.4) is 0 Å². The molecule has 0 saturated heterocycles. The van der Waals surface area contributed by atoms with Crippen molar-refractivity contribution in [1.82, 2.24) is 10.6 Å². The Morgan fingerprint density at radius 1 is 1.47 bits per heavy atom. The molecular formula is C13H17F2N3O. The molecular weight excluding hydrogens is 252 g/mol. The third kappa shape index (κ3) is 5.85. The number of ether oxygens (including phenoxy) is 1. The summed E-state index contributed by atoms with van der Waals surface area (Å²) >= 11 is 0. The lowest BCUT2D eigenvalue weighted by Crippen LogP contribution is -2.36. The fourth-order valence-corrected chi connectivity index (χ4v) is 1.41. The largest absolute Gasteiger partial charge is 0.435 e. The van der Waals surface area contributed by atoms with Crippen molar-refractivity contribution in [1.29, 1.82) is 0 Å². The predicted octanol–water partition coefficient (Wildman–Crippen LogP) is 2.14. The maximum absolute atomic E-state index is 12.1. The zero-order valence-electron chi connectivity index (χ0n) is 10.7. The van der Waals surface area contributed by atoms with E-state index < -0.39 is 6.61 Å². The van der Waals surface area contributed by atoms with Gasteiger partial charge in [0.05, 0.1) is 0 Å². The van der Waals surface area contributed by atoms with E-state index in [9.17, 15) is 8.78 Å². The van der Waals surface area contributed by atoms with Crippen molar-refractivity contribution in [2.75, 3.05) is 13.6 Å². The van der Waals surface area contributed by atoms with Gasteiger partial charge in [-0.1, -0.05) is 18.2 Å². The lowest BCUT2D eigenvalue weighted by molar-refractivity contribution is -0.0498. The minimum Gasteiger partial charge on any atom is -0.435 e. The second-order valence-electron chi connectivity index (χ2n) is 3.62. The number of hydrogen-bond acceptors (Lipinski definition) is 2. The molecule has 1 aromatic rings. The van der Waals surface area contributed by atoms with Gasteiger partial charge in [-0.15, -0.1) is 6.58 Å². The first-order chi connectivity index (χ1) is 9.15. The molecule has 0 aliphatic rings. The van der Waals surface area contributed by atoms with Crippen LogP contribution in [-0.4, -0.2) is 26.2 Å². The number of guanidine groups is 1. The van der Waals surface area contributed by atoms with Crippen LogP contribution in [0.1, 0.15) is 5.56 Å². The Bertz CT molecular complexity index is 436. The second-order valence-corrected chi connectivity index (χ2v) is 3.62. The number of benzene rings is 1. The zero-order chi connectivity index (χ0) is 14.1. The number of nitrogens with one attached hydrogen (secondary N) is 2. The molecule has 6 heteroatoms. The van der Waals surface area contributed by atoms with Gasteiger partial charge in [-0.3, -0.25) is 4.99 Å². The summed E-state index contributed by atoms with van der Waals surface area (Å²) in [5.74, 6) is 0.753. The first kappa shape index (κ1) is 14.9. The minimum atomic E-state index is -2.81. The zero-order valence-corrected chi connectivity index (χ0v) is 10.7. The first-order valence-electron chi connectivity index (χ1n) is 5.75. The van der Waals surface area contributed by atoms with E-state index in [0.29, 0.717) is 19.0 Å². The summed E-state index contributed by atoms with van der Waals surface area (Å²) in [6.45, 7) is 1.82. The smallest absolute Gasteiger partial charge is 0.387 e. The third-order valence-corrected chi connectivity index (χ3v) is 2.22. The summed E-state index contributed by atoms with van der Waals surface area (Å²) in [5.41, 5.74) is 0.819. The van der Waals surface area contributed by atoms with Gasteiger partial charge in [0.25, 0.3) is 0 Å². The minimum absolute atomic E-state index is 0.142. The van der Waals surface area contributed by atoms with Crippen molar-refractivity contribution in [3.05, 3.63) is 42.5 Å². The number of alkyl halides is 2. The van der Waals surface area contributed by atoms with Gasteiger partial charge in [-0.05, 0) is 17.7 Å². The van der Waals surface area contributed by atoms with Crippen molar-refractivity contribution in [3.63, 3.8) is 0 Å². The van der Waals surface area contributed by atoms with Gasteiger partial charge in [0.1, 0.15) is 5.75 Å². The summed E-state index contributed by atoms with van der Waals surface area (Å²) in [5, 5.41) is 6.05. The molecule has 4 nitrogen and oxygen atoms in total. The lowest BCUT2D eigenvalue weighted by atomic mass is 10.2. The van der Waals surface area contributed by atoms with Gasteiger partial charge < -0.3 is 15.4 Å². The first-order valence-corrected chi connectivity index (χ1v) is 5.75. The number of hydrogen-bond donors (Lipinski definition) is 2. The Balaban J connectivity index is 2.54. The summed E-state index contributed by atoms with van der Waals surface area (Å²) in [7, 11) is 1.65. The van der Waals surface area contributed by atoms with Crippen molar-refractivity contribution >= 4 is 5.96 Å². The van der Waals surface area contributed by atoms with Crippen molar-refractivity contribution < 1.29 is 13.5 Å². The normalized spacial score (nSPS) is 11.3. The fraction of sp³-hybridized carbons (Fsp3) is 0.308. The van der Waals surface area contributed by atoms with E-state index >= 15 is 0 Å². The fourth-order valence-electron chi connectivity index (χ4n) is 1.41. The molecule has 2 N–H and O–H groups in total. The van der Waals surface area contributed by atoms with Crippen molar-refractivity contribution in [3.8, 4) is 5.75 Å². The monoisotopic (exact) mass is 269 g/mol. The lowest BCUT2D eigenvalue weighted by Gasteiger charge is -2.11. The molecule has 0 atom stereocenters. The van der Waals surface area contributed by atoms with Crippen LogP contribution in [0.15, 0.2) is 41.9 Å². The molecule has 0 aromatic heterocycles. The van der Waals surface area contributed by atoms with Crippen molar-refractivity contribution in [2.24, 2.45) is 4.99 Å². The summed E-state index contributed by atoms with van der Waals surface area (Å²) in [6, 6.07) is 6.52.